The van der Waals surface area contributed by atoms with E-state index in [2.05, 4.69) is 36.5 Å². The van der Waals surface area contributed by atoms with Gasteiger partial charge in [-0.15, -0.1) is 0 Å². The zero-order chi connectivity index (χ0) is 13.7. The highest BCUT2D eigenvalue weighted by Gasteiger charge is 2.13. The number of benzene rings is 2. The number of hydrogen-bond donors (Lipinski definition) is 2. The Hall–Kier alpha value is -1.58. The van der Waals surface area contributed by atoms with Crippen LogP contribution in [0.4, 0.5) is 0 Å². The van der Waals surface area contributed by atoms with Crippen LogP contribution in [0.15, 0.2) is 36.4 Å². The molecule has 0 aliphatic heterocycles. The van der Waals surface area contributed by atoms with Crippen molar-refractivity contribution < 1.29 is 4.74 Å². The van der Waals surface area contributed by atoms with Crippen molar-refractivity contribution in [3.63, 3.8) is 0 Å². The van der Waals surface area contributed by atoms with Gasteiger partial charge in [-0.1, -0.05) is 37.3 Å². The SMILES string of the molecule is CCCNC(CN)c1ccc(OC)c2ccccc12. The minimum atomic E-state index is 0.191. The number of ether oxygens (including phenoxy) is 1. The Morgan fingerprint density at radius 2 is 1.89 bits per heavy atom. The third-order valence-electron chi connectivity index (χ3n) is 3.39. The van der Waals surface area contributed by atoms with Gasteiger partial charge in [0.25, 0.3) is 0 Å². The molecule has 3 N–H and O–H groups in total. The molecule has 0 aliphatic rings. The minimum absolute atomic E-state index is 0.191. The van der Waals surface area contributed by atoms with Gasteiger partial charge in [0.1, 0.15) is 5.75 Å². The van der Waals surface area contributed by atoms with Crippen LogP contribution in [0.2, 0.25) is 0 Å². The smallest absolute Gasteiger partial charge is 0.126 e. The number of rotatable bonds is 6. The Labute approximate surface area is 114 Å². The van der Waals surface area contributed by atoms with Gasteiger partial charge in [0.15, 0.2) is 0 Å². The number of nitrogens with two attached hydrogens (primary N) is 1. The lowest BCUT2D eigenvalue weighted by molar-refractivity contribution is 0.419. The first-order valence-corrected chi connectivity index (χ1v) is 6.80. The number of fused-ring (bicyclic) bond motifs is 1. The molecule has 1 unspecified atom stereocenters. The van der Waals surface area contributed by atoms with Crippen molar-refractivity contribution in [1.29, 1.82) is 0 Å². The predicted molar refractivity (Wildman–Crippen MR) is 80.6 cm³/mol. The summed E-state index contributed by atoms with van der Waals surface area (Å²) < 4.78 is 5.43. The number of methoxy groups -OCH3 is 1. The summed E-state index contributed by atoms with van der Waals surface area (Å²) >= 11 is 0. The average Bonchev–Trinajstić information content (AvgIpc) is 2.48. The molecule has 2 aromatic carbocycles. The Kier molecular flexibility index (Phi) is 4.77. The van der Waals surface area contributed by atoms with Crippen molar-refractivity contribution in [3.05, 3.63) is 42.0 Å². The Balaban J connectivity index is 2.48. The molecule has 0 saturated heterocycles. The second kappa shape index (κ2) is 6.55. The molecule has 2 aromatic rings. The van der Waals surface area contributed by atoms with Crippen LogP contribution >= 0.6 is 0 Å². The van der Waals surface area contributed by atoms with E-state index in [1.807, 2.05) is 12.1 Å². The second-order valence-electron chi connectivity index (χ2n) is 4.65. The van der Waals surface area contributed by atoms with E-state index in [1.165, 1.54) is 10.9 Å². The minimum Gasteiger partial charge on any atom is -0.496 e. The first-order valence-electron chi connectivity index (χ1n) is 6.80. The van der Waals surface area contributed by atoms with Crippen molar-refractivity contribution in [1.82, 2.24) is 5.32 Å². The Morgan fingerprint density at radius 3 is 2.53 bits per heavy atom. The maximum absolute atomic E-state index is 5.91. The van der Waals surface area contributed by atoms with Crippen molar-refractivity contribution in [2.75, 3.05) is 20.2 Å². The fourth-order valence-electron chi connectivity index (χ4n) is 2.42. The summed E-state index contributed by atoms with van der Waals surface area (Å²) in [5, 5.41) is 5.85. The number of hydrogen-bond acceptors (Lipinski definition) is 3. The summed E-state index contributed by atoms with van der Waals surface area (Å²) in [7, 11) is 1.71. The molecule has 0 aromatic heterocycles. The zero-order valence-corrected chi connectivity index (χ0v) is 11.6. The van der Waals surface area contributed by atoms with E-state index in [0.717, 1.165) is 24.1 Å². The van der Waals surface area contributed by atoms with Gasteiger partial charge >= 0.3 is 0 Å². The number of nitrogens with one attached hydrogen (secondary N) is 1. The molecule has 0 heterocycles. The average molecular weight is 258 g/mol. The molecule has 2 rings (SSSR count). The lowest BCUT2D eigenvalue weighted by atomic mass is 9.98. The quantitative estimate of drug-likeness (QED) is 0.837. The lowest BCUT2D eigenvalue weighted by Gasteiger charge is -2.20. The van der Waals surface area contributed by atoms with Crippen molar-refractivity contribution in [2.24, 2.45) is 5.73 Å². The molecular weight excluding hydrogens is 236 g/mol. The molecule has 3 heteroatoms. The molecule has 0 aliphatic carbocycles. The summed E-state index contributed by atoms with van der Waals surface area (Å²) in [6.07, 6.45) is 1.10. The van der Waals surface area contributed by atoms with Crippen LogP contribution in [0.1, 0.15) is 24.9 Å². The zero-order valence-electron chi connectivity index (χ0n) is 11.6. The first kappa shape index (κ1) is 13.8. The molecule has 0 amide bonds. The van der Waals surface area contributed by atoms with Gasteiger partial charge in [-0.25, -0.2) is 0 Å². The molecule has 102 valence electrons. The third kappa shape index (κ3) is 2.88. The van der Waals surface area contributed by atoms with Crippen molar-refractivity contribution in [2.45, 2.75) is 19.4 Å². The van der Waals surface area contributed by atoms with Gasteiger partial charge in [-0.05, 0) is 30.0 Å². The van der Waals surface area contributed by atoms with Gasteiger partial charge in [0.05, 0.1) is 7.11 Å². The topological polar surface area (TPSA) is 47.3 Å². The summed E-state index contributed by atoms with van der Waals surface area (Å²) in [5.41, 5.74) is 7.16. The second-order valence-corrected chi connectivity index (χ2v) is 4.65. The van der Waals surface area contributed by atoms with E-state index in [0.29, 0.717) is 6.54 Å². The van der Waals surface area contributed by atoms with Gasteiger partial charge in [-0.3, -0.25) is 0 Å². The standard InChI is InChI=1S/C16H22N2O/c1-3-10-18-15(11-17)13-8-9-16(19-2)14-7-5-4-6-12(13)14/h4-9,15,18H,3,10-11,17H2,1-2H3. The van der Waals surface area contributed by atoms with Crippen molar-refractivity contribution in [3.8, 4) is 5.75 Å². The van der Waals surface area contributed by atoms with Crippen LogP contribution in [-0.4, -0.2) is 20.2 Å². The molecular formula is C16H22N2O. The summed E-state index contributed by atoms with van der Waals surface area (Å²) in [6, 6.07) is 12.6. The van der Waals surface area contributed by atoms with Crippen molar-refractivity contribution >= 4 is 10.8 Å². The fraction of sp³-hybridized carbons (Fsp3) is 0.375. The van der Waals surface area contributed by atoms with Crippen LogP contribution in [0.5, 0.6) is 5.75 Å². The highest BCUT2D eigenvalue weighted by Crippen LogP contribution is 2.31. The van der Waals surface area contributed by atoms with Crippen LogP contribution < -0.4 is 15.8 Å². The Bertz CT molecular complexity index is 539. The van der Waals surface area contributed by atoms with Gasteiger partial charge < -0.3 is 15.8 Å². The monoisotopic (exact) mass is 258 g/mol. The van der Waals surface area contributed by atoms with E-state index < -0.39 is 0 Å². The molecule has 0 fully saturated rings. The van der Waals surface area contributed by atoms with Crippen LogP contribution in [0.25, 0.3) is 10.8 Å². The maximum Gasteiger partial charge on any atom is 0.126 e. The molecule has 1 atom stereocenters. The molecule has 19 heavy (non-hydrogen) atoms. The molecule has 0 saturated carbocycles. The molecule has 0 bridgehead atoms. The largest absolute Gasteiger partial charge is 0.496 e. The van der Waals surface area contributed by atoms with E-state index in [-0.39, 0.29) is 6.04 Å². The van der Waals surface area contributed by atoms with Crippen LogP contribution in [0, 0.1) is 0 Å². The molecule has 3 nitrogen and oxygen atoms in total. The van der Waals surface area contributed by atoms with E-state index >= 15 is 0 Å². The lowest BCUT2D eigenvalue weighted by Crippen LogP contribution is -2.28. The summed E-state index contributed by atoms with van der Waals surface area (Å²) in [4.78, 5) is 0. The summed E-state index contributed by atoms with van der Waals surface area (Å²) in [5.74, 6) is 0.908. The van der Waals surface area contributed by atoms with Crippen LogP contribution in [0.3, 0.4) is 0 Å². The maximum atomic E-state index is 5.91. The molecule has 0 radical (unpaired) electrons. The summed E-state index contributed by atoms with van der Waals surface area (Å²) in [6.45, 7) is 3.73. The van der Waals surface area contributed by atoms with E-state index in [9.17, 15) is 0 Å². The van der Waals surface area contributed by atoms with E-state index in [1.54, 1.807) is 7.11 Å². The first-order chi connectivity index (χ1) is 9.31. The van der Waals surface area contributed by atoms with Gasteiger partial charge in [-0.2, -0.15) is 0 Å². The normalized spacial score (nSPS) is 12.6. The highest BCUT2D eigenvalue weighted by molar-refractivity contribution is 5.91. The van der Waals surface area contributed by atoms with E-state index in [4.69, 9.17) is 10.5 Å². The third-order valence-corrected chi connectivity index (χ3v) is 3.39. The van der Waals surface area contributed by atoms with Gasteiger partial charge in [0, 0.05) is 18.0 Å². The molecule has 0 spiro atoms. The van der Waals surface area contributed by atoms with Crippen LogP contribution in [-0.2, 0) is 0 Å². The highest BCUT2D eigenvalue weighted by atomic mass is 16.5. The Morgan fingerprint density at radius 1 is 1.16 bits per heavy atom. The van der Waals surface area contributed by atoms with Gasteiger partial charge in [0.2, 0.25) is 0 Å². The fourth-order valence-corrected chi connectivity index (χ4v) is 2.42. The predicted octanol–water partition coefficient (Wildman–Crippen LogP) is 2.85.